The van der Waals surface area contributed by atoms with Gasteiger partial charge in [-0.25, -0.2) is 0 Å². The van der Waals surface area contributed by atoms with Crippen LogP contribution in [-0.2, 0) is 0 Å². The molecule has 0 fully saturated rings. The van der Waals surface area contributed by atoms with Crippen molar-refractivity contribution in [3.05, 3.63) is 28.7 Å². The molecule has 0 bridgehead atoms. The highest BCUT2D eigenvalue weighted by molar-refractivity contribution is 5.40. The van der Waals surface area contributed by atoms with E-state index >= 15 is 0 Å². The highest BCUT2D eigenvalue weighted by atomic mass is 16.1. The number of pyridine rings is 1. The largest absolute Gasteiger partial charge is 0.381 e. The number of hydrogen-bond acceptors (Lipinski definition) is 2. The molecule has 1 aromatic rings. The standard InChI is InChI=1S/C10H16N2O/c1-4-11-9-6-5-7-12(8(2)3)10(9)13/h5-8,11H,4H2,1-3H3. The molecule has 3 nitrogen and oxygen atoms in total. The van der Waals surface area contributed by atoms with Gasteiger partial charge in [-0.1, -0.05) is 0 Å². The summed E-state index contributed by atoms with van der Waals surface area (Å²) in [6.45, 7) is 6.75. The quantitative estimate of drug-likeness (QED) is 0.770. The Kier molecular flexibility index (Phi) is 3.12. The summed E-state index contributed by atoms with van der Waals surface area (Å²) in [5.74, 6) is 0. The van der Waals surface area contributed by atoms with E-state index in [2.05, 4.69) is 5.32 Å². The first kappa shape index (κ1) is 9.84. The maximum absolute atomic E-state index is 11.7. The van der Waals surface area contributed by atoms with Crippen LogP contribution in [0.25, 0.3) is 0 Å². The molecular weight excluding hydrogens is 164 g/mol. The molecule has 0 aliphatic rings. The van der Waals surface area contributed by atoms with Crippen LogP contribution in [0.1, 0.15) is 26.8 Å². The van der Waals surface area contributed by atoms with Crippen molar-refractivity contribution in [1.29, 1.82) is 0 Å². The van der Waals surface area contributed by atoms with E-state index in [-0.39, 0.29) is 11.6 Å². The second kappa shape index (κ2) is 4.12. The Balaban J connectivity index is 3.11. The van der Waals surface area contributed by atoms with Crippen LogP contribution < -0.4 is 10.9 Å². The molecule has 13 heavy (non-hydrogen) atoms. The van der Waals surface area contributed by atoms with Crippen LogP contribution in [0.2, 0.25) is 0 Å². The van der Waals surface area contributed by atoms with Gasteiger partial charge in [-0.3, -0.25) is 4.79 Å². The predicted molar refractivity (Wildman–Crippen MR) is 55.3 cm³/mol. The SMILES string of the molecule is CCNc1cccn(C(C)C)c1=O. The third kappa shape index (κ3) is 2.11. The van der Waals surface area contributed by atoms with Crippen molar-refractivity contribution in [1.82, 2.24) is 4.57 Å². The summed E-state index contributed by atoms with van der Waals surface area (Å²) in [5.41, 5.74) is 0.734. The zero-order chi connectivity index (χ0) is 9.84. The maximum Gasteiger partial charge on any atom is 0.274 e. The van der Waals surface area contributed by atoms with Gasteiger partial charge in [0, 0.05) is 18.8 Å². The third-order valence-electron chi connectivity index (χ3n) is 1.90. The minimum Gasteiger partial charge on any atom is -0.381 e. The monoisotopic (exact) mass is 180 g/mol. The Bertz CT molecular complexity index is 328. The molecule has 72 valence electrons. The van der Waals surface area contributed by atoms with Crippen molar-refractivity contribution < 1.29 is 0 Å². The lowest BCUT2D eigenvalue weighted by Gasteiger charge is -2.11. The van der Waals surface area contributed by atoms with E-state index in [4.69, 9.17) is 0 Å². The summed E-state index contributed by atoms with van der Waals surface area (Å²) < 4.78 is 1.72. The van der Waals surface area contributed by atoms with Gasteiger partial charge in [-0.2, -0.15) is 0 Å². The number of hydrogen-bond donors (Lipinski definition) is 1. The number of rotatable bonds is 3. The third-order valence-corrected chi connectivity index (χ3v) is 1.90. The van der Waals surface area contributed by atoms with E-state index in [9.17, 15) is 4.79 Å². The van der Waals surface area contributed by atoms with E-state index in [0.717, 1.165) is 6.54 Å². The highest BCUT2D eigenvalue weighted by Crippen LogP contribution is 2.03. The van der Waals surface area contributed by atoms with Crippen LogP contribution in [0.3, 0.4) is 0 Å². The normalized spacial score (nSPS) is 10.5. The van der Waals surface area contributed by atoms with Crippen LogP contribution in [-0.4, -0.2) is 11.1 Å². The second-order valence-corrected chi connectivity index (χ2v) is 3.26. The van der Waals surface area contributed by atoms with Gasteiger partial charge in [0.1, 0.15) is 5.69 Å². The fourth-order valence-corrected chi connectivity index (χ4v) is 1.24. The van der Waals surface area contributed by atoms with Crippen molar-refractivity contribution in [3.63, 3.8) is 0 Å². The molecule has 1 N–H and O–H groups in total. The van der Waals surface area contributed by atoms with Gasteiger partial charge in [0.2, 0.25) is 0 Å². The molecule has 0 saturated carbocycles. The fourth-order valence-electron chi connectivity index (χ4n) is 1.24. The number of aromatic nitrogens is 1. The topological polar surface area (TPSA) is 34.0 Å². The smallest absolute Gasteiger partial charge is 0.274 e. The Morgan fingerprint density at radius 1 is 1.54 bits per heavy atom. The minimum atomic E-state index is 0.0550. The summed E-state index contributed by atoms with van der Waals surface area (Å²) in [6.07, 6.45) is 1.81. The van der Waals surface area contributed by atoms with E-state index < -0.39 is 0 Å². The Morgan fingerprint density at radius 2 is 2.23 bits per heavy atom. The molecule has 0 aromatic carbocycles. The highest BCUT2D eigenvalue weighted by Gasteiger charge is 2.03. The van der Waals surface area contributed by atoms with Crippen molar-refractivity contribution in [2.75, 3.05) is 11.9 Å². The van der Waals surface area contributed by atoms with Gasteiger partial charge in [-0.05, 0) is 32.9 Å². The first-order valence-electron chi connectivity index (χ1n) is 4.61. The van der Waals surface area contributed by atoms with Gasteiger partial charge in [0.15, 0.2) is 0 Å². The molecular formula is C10H16N2O. The summed E-state index contributed by atoms with van der Waals surface area (Å²) in [5, 5.41) is 3.04. The van der Waals surface area contributed by atoms with Gasteiger partial charge in [0.25, 0.3) is 5.56 Å². The summed E-state index contributed by atoms with van der Waals surface area (Å²) in [4.78, 5) is 11.7. The van der Waals surface area contributed by atoms with E-state index in [1.165, 1.54) is 0 Å². The van der Waals surface area contributed by atoms with E-state index in [0.29, 0.717) is 5.69 Å². The van der Waals surface area contributed by atoms with Gasteiger partial charge < -0.3 is 9.88 Å². The lowest BCUT2D eigenvalue weighted by Crippen LogP contribution is -2.24. The Hall–Kier alpha value is -1.25. The average Bonchev–Trinajstić information content (AvgIpc) is 2.08. The lowest BCUT2D eigenvalue weighted by atomic mass is 10.3. The van der Waals surface area contributed by atoms with Crippen molar-refractivity contribution in [3.8, 4) is 0 Å². The molecule has 0 aliphatic carbocycles. The Morgan fingerprint density at radius 3 is 2.77 bits per heavy atom. The molecule has 0 amide bonds. The molecule has 1 rings (SSSR count). The zero-order valence-corrected chi connectivity index (χ0v) is 8.37. The molecule has 1 heterocycles. The van der Waals surface area contributed by atoms with Crippen molar-refractivity contribution in [2.24, 2.45) is 0 Å². The number of nitrogens with one attached hydrogen (secondary N) is 1. The molecule has 0 saturated heterocycles. The molecule has 1 aromatic heterocycles. The number of anilines is 1. The van der Waals surface area contributed by atoms with Crippen LogP contribution in [0.15, 0.2) is 23.1 Å². The minimum absolute atomic E-state index is 0.0550. The lowest BCUT2D eigenvalue weighted by molar-refractivity contribution is 0.579. The first-order chi connectivity index (χ1) is 6.16. The van der Waals surface area contributed by atoms with Gasteiger partial charge in [-0.15, -0.1) is 0 Å². The van der Waals surface area contributed by atoms with Gasteiger partial charge in [0.05, 0.1) is 0 Å². The van der Waals surface area contributed by atoms with Crippen LogP contribution >= 0.6 is 0 Å². The molecule has 0 radical (unpaired) electrons. The fraction of sp³-hybridized carbons (Fsp3) is 0.500. The van der Waals surface area contributed by atoms with Crippen LogP contribution in [0, 0.1) is 0 Å². The molecule has 0 aliphatic heterocycles. The molecule has 0 spiro atoms. The molecule has 0 unspecified atom stereocenters. The molecule has 0 atom stereocenters. The zero-order valence-electron chi connectivity index (χ0n) is 8.37. The van der Waals surface area contributed by atoms with Crippen LogP contribution in [0.4, 0.5) is 5.69 Å². The van der Waals surface area contributed by atoms with Crippen LogP contribution in [0.5, 0.6) is 0 Å². The van der Waals surface area contributed by atoms with Crippen molar-refractivity contribution >= 4 is 5.69 Å². The van der Waals surface area contributed by atoms with Gasteiger partial charge >= 0.3 is 0 Å². The molecule has 3 heteroatoms. The summed E-state index contributed by atoms with van der Waals surface area (Å²) >= 11 is 0. The summed E-state index contributed by atoms with van der Waals surface area (Å²) in [7, 11) is 0. The van der Waals surface area contributed by atoms with E-state index in [1.54, 1.807) is 4.57 Å². The van der Waals surface area contributed by atoms with E-state index in [1.807, 2.05) is 39.1 Å². The van der Waals surface area contributed by atoms with Crippen molar-refractivity contribution in [2.45, 2.75) is 26.8 Å². The first-order valence-corrected chi connectivity index (χ1v) is 4.61. The number of nitrogens with zero attached hydrogens (tertiary/aromatic N) is 1. The summed E-state index contributed by atoms with van der Waals surface area (Å²) in [6, 6.07) is 3.91. The maximum atomic E-state index is 11.7. The predicted octanol–water partition coefficient (Wildman–Crippen LogP) is 1.86. The second-order valence-electron chi connectivity index (χ2n) is 3.26. The Labute approximate surface area is 78.4 Å². The average molecular weight is 180 g/mol.